The van der Waals surface area contributed by atoms with Crippen molar-refractivity contribution in [2.24, 2.45) is 62.4 Å². The monoisotopic (exact) mass is 808 g/mol. The summed E-state index contributed by atoms with van der Waals surface area (Å²) in [6, 6.07) is 5.82. The zero-order chi connectivity index (χ0) is 42.4. The number of fused-ring (bicyclic) bond motifs is 3. The number of allylic oxidation sites excluding steroid dienone is 1. The number of carboxylic acid groups (broad SMARTS) is 1. The van der Waals surface area contributed by atoms with E-state index in [2.05, 4.69) is 65.2 Å². The molecule has 322 valence electrons. The molecular formula is C46H69N3O9. The first kappa shape index (κ1) is 43.9. The Labute approximate surface area is 345 Å². The lowest BCUT2D eigenvalue weighted by molar-refractivity contribution is -0.263. The second-order valence-corrected chi connectivity index (χ2v) is 19.8. The number of aliphatic carboxylic acids is 1. The Balaban J connectivity index is 1.16. The molecule has 12 heteroatoms. The summed E-state index contributed by atoms with van der Waals surface area (Å²) in [6.45, 7) is 18.2. The van der Waals surface area contributed by atoms with Crippen molar-refractivity contribution < 1.29 is 43.2 Å². The molecule has 0 aromatic heterocycles. The molecular weight excluding hydrogens is 739 g/mol. The molecule has 1 aromatic carbocycles. The van der Waals surface area contributed by atoms with Crippen LogP contribution in [0.5, 0.6) is 5.75 Å². The van der Waals surface area contributed by atoms with Crippen LogP contribution in [-0.2, 0) is 28.6 Å². The van der Waals surface area contributed by atoms with Crippen molar-refractivity contribution in [3.05, 3.63) is 35.9 Å². The molecule has 4 fully saturated rings. The lowest BCUT2D eigenvalue weighted by Gasteiger charge is -2.71. The minimum absolute atomic E-state index is 0.102. The summed E-state index contributed by atoms with van der Waals surface area (Å²) in [5.41, 5.74) is 6.27. The molecule has 5 N–H and O–H groups in total. The summed E-state index contributed by atoms with van der Waals surface area (Å²) < 4.78 is 24.1. The third kappa shape index (κ3) is 7.43. The Morgan fingerprint density at radius 2 is 1.67 bits per heavy atom. The number of anilines is 1. The molecule has 12 atom stereocenters. The van der Waals surface area contributed by atoms with E-state index in [9.17, 15) is 24.3 Å². The lowest BCUT2D eigenvalue weighted by atomic mass is 9.34. The average molecular weight is 808 g/mol. The van der Waals surface area contributed by atoms with Crippen molar-refractivity contribution in [3.8, 4) is 5.75 Å². The zero-order valence-electron chi connectivity index (χ0n) is 36.3. The third-order valence-electron chi connectivity index (χ3n) is 16.5. The molecule has 5 aliphatic rings. The number of methoxy groups -OCH3 is 1. The molecule has 0 radical (unpaired) electrons. The van der Waals surface area contributed by atoms with Gasteiger partial charge in [0.25, 0.3) is 0 Å². The molecule has 2 bridgehead atoms. The number of hydrogen-bond donors (Lipinski definition) is 4. The maximum Gasteiger partial charge on any atom is 0.323 e. The molecule has 6 rings (SSSR count). The number of carboxylic acids is 1. The van der Waals surface area contributed by atoms with Gasteiger partial charge in [-0.15, -0.1) is 0 Å². The van der Waals surface area contributed by atoms with Crippen LogP contribution in [0.15, 0.2) is 35.9 Å². The van der Waals surface area contributed by atoms with Crippen molar-refractivity contribution in [2.75, 3.05) is 32.2 Å². The van der Waals surface area contributed by atoms with Gasteiger partial charge < -0.3 is 40.4 Å². The summed E-state index contributed by atoms with van der Waals surface area (Å²) in [6.07, 6.45) is 7.20. The van der Waals surface area contributed by atoms with E-state index >= 15 is 0 Å². The van der Waals surface area contributed by atoms with Gasteiger partial charge in [0.05, 0.1) is 26.2 Å². The predicted octanol–water partition coefficient (Wildman–Crippen LogP) is 7.75. The fourth-order valence-electron chi connectivity index (χ4n) is 13.0. The topological polar surface area (TPSA) is 176 Å². The highest BCUT2D eigenvalue weighted by molar-refractivity contribution is 5.89. The minimum Gasteiger partial charge on any atom is -0.497 e. The number of urea groups is 1. The molecule has 58 heavy (non-hydrogen) atoms. The highest BCUT2D eigenvalue weighted by atomic mass is 16.6. The Hall–Kier alpha value is -3.64. The molecule has 12 nitrogen and oxygen atoms in total. The van der Waals surface area contributed by atoms with Crippen LogP contribution >= 0.6 is 0 Å². The minimum atomic E-state index is -0.891. The van der Waals surface area contributed by atoms with Gasteiger partial charge in [-0.2, -0.15) is 0 Å². The number of amides is 2. The Morgan fingerprint density at radius 3 is 2.31 bits per heavy atom. The number of hydrogen-bond acceptors (Lipinski definition) is 9. The van der Waals surface area contributed by atoms with E-state index in [1.165, 1.54) is 12.5 Å². The zero-order valence-corrected chi connectivity index (χ0v) is 36.3. The fraction of sp³-hybridized carbons (Fsp3) is 0.739. The second kappa shape index (κ2) is 16.4. The van der Waals surface area contributed by atoms with Gasteiger partial charge in [-0.05, 0) is 122 Å². The highest BCUT2D eigenvalue weighted by Crippen LogP contribution is 2.75. The highest BCUT2D eigenvalue weighted by Gasteiger charge is 2.72. The molecule has 1 saturated heterocycles. The Bertz CT molecular complexity index is 1750. The van der Waals surface area contributed by atoms with Gasteiger partial charge in [-0.3, -0.25) is 14.4 Å². The van der Waals surface area contributed by atoms with E-state index in [4.69, 9.17) is 24.7 Å². The second-order valence-electron chi connectivity index (χ2n) is 19.8. The van der Waals surface area contributed by atoms with Crippen molar-refractivity contribution in [1.82, 2.24) is 5.32 Å². The van der Waals surface area contributed by atoms with E-state index < -0.39 is 58.3 Å². The Kier molecular flexibility index (Phi) is 12.4. The maximum atomic E-state index is 13.7. The number of ether oxygens (including phenoxy) is 4. The molecule has 1 aliphatic heterocycles. The normalized spacial score (nSPS) is 37.4. The largest absolute Gasteiger partial charge is 0.497 e. The predicted molar refractivity (Wildman–Crippen MR) is 221 cm³/mol. The van der Waals surface area contributed by atoms with Crippen LogP contribution in [0, 0.1) is 56.7 Å². The quantitative estimate of drug-likeness (QED) is 0.0877. The number of unbranched alkanes of at least 4 members (excludes halogenated alkanes) is 1. The average Bonchev–Trinajstić information content (AvgIpc) is 3.16. The van der Waals surface area contributed by atoms with Crippen LogP contribution in [0.3, 0.4) is 0 Å². The van der Waals surface area contributed by atoms with Crippen molar-refractivity contribution in [2.45, 2.75) is 131 Å². The lowest BCUT2D eigenvalue weighted by Crippen LogP contribution is -2.70. The molecule has 0 spiro atoms. The Morgan fingerprint density at radius 1 is 0.966 bits per heavy atom. The smallest absolute Gasteiger partial charge is 0.323 e. The molecule has 1 heterocycles. The van der Waals surface area contributed by atoms with Crippen LogP contribution in [0.4, 0.5) is 10.5 Å². The van der Waals surface area contributed by atoms with E-state index in [-0.39, 0.29) is 34.6 Å². The van der Waals surface area contributed by atoms with Crippen molar-refractivity contribution >= 4 is 29.6 Å². The number of carbonyl (C=O) groups excluding carboxylic acids is 3. The molecule has 1 unspecified atom stereocenters. The van der Waals surface area contributed by atoms with E-state index in [0.29, 0.717) is 69.2 Å². The third-order valence-corrected chi connectivity index (χ3v) is 16.5. The summed E-state index contributed by atoms with van der Waals surface area (Å²) >= 11 is 0. The van der Waals surface area contributed by atoms with Gasteiger partial charge >= 0.3 is 23.9 Å². The van der Waals surface area contributed by atoms with Crippen LogP contribution in [0.2, 0.25) is 0 Å². The van der Waals surface area contributed by atoms with Gasteiger partial charge in [0.1, 0.15) is 24.0 Å². The maximum absolute atomic E-state index is 13.7. The van der Waals surface area contributed by atoms with E-state index in [1.54, 1.807) is 31.4 Å². The first-order chi connectivity index (χ1) is 27.3. The first-order valence-electron chi connectivity index (χ1n) is 21.6. The SMILES string of the molecule is COc1ccc(NC(=O)NCCCCC(N)C(=O)O[C@H]2[C@H](OC(C)=O)C[C@]34COC[C@]2(C)[C@@H]3CC[C@H]2C4=CC[C@@]3(C)[C@H](C(=O)O)[C@@](C)([C@H](C)C(C)C)CC[C@]23C)cc1. The molecule has 4 aliphatic carbocycles. The number of carbonyl (C=O) groups is 4. The van der Waals surface area contributed by atoms with Crippen molar-refractivity contribution in [3.63, 3.8) is 0 Å². The molecule has 3 saturated carbocycles. The first-order valence-corrected chi connectivity index (χ1v) is 21.6. The van der Waals surface area contributed by atoms with Gasteiger partial charge in [0.2, 0.25) is 0 Å². The number of nitrogens with two attached hydrogens (primary N) is 1. The summed E-state index contributed by atoms with van der Waals surface area (Å²) in [5.74, 6) is -0.591. The number of benzene rings is 1. The van der Waals surface area contributed by atoms with Gasteiger partial charge in [0.15, 0.2) is 0 Å². The van der Waals surface area contributed by atoms with Crippen LogP contribution in [0.25, 0.3) is 0 Å². The van der Waals surface area contributed by atoms with E-state index in [1.807, 2.05) is 0 Å². The summed E-state index contributed by atoms with van der Waals surface area (Å²) in [5, 5.41) is 16.6. The van der Waals surface area contributed by atoms with Gasteiger partial charge in [-0.25, -0.2) is 4.79 Å². The number of rotatable bonds is 13. The van der Waals surface area contributed by atoms with Crippen molar-refractivity contribution in [1.29, 1.82) is 0 Å². The number of esters is 2. The van der Waals surface area contributed by atoms with Gasteiger partial charge in [0, 0.05) is 30.0 Å². The number of nitrogens with one attached hydrogen (secondary N) is 2. The van der Waals surface area contributed by atoms with Gasteiger partial charge in [-0.1, -0.05) is 60.1 Å². The molecule has 2 amide bonds. The van der Waals surface area contributed by atoms with E-state index in [0.717, 1.165) is 25.7 Å². The summed E-state index contributed by atoms with van der Waals surface area (Å²) in [4.78, 5) is 52.3. The fourth-order valence-corrected chi connectivity index (χ4v) is 13.0. The molecule has 1 aromatic rings. The van der Waals surface area contributed by atoms with Crippen LogP contribution in [-0.4, -0.2) is 74.2 Å². The standard InChI is InChI=1S/C46H69N3O9/c1-27(2)28(3)42(5)21-22-44(7)32-17-18-36-43(6)25-56-26-46(36,33(32)19-20-45(44,8)37(42)39(51)52)24-35(57-29(4)50)38(43)58-40(53)34(47)12-10-11-23-48-41(54)49-30-13-15-31(55-9)16-14-30/h13-16,19,27-28,32,34-38H,10-12,17-18,20-26,47H2,1-9H3,(H,51,52)(H2,48,49,54)/t28-,32+,34?,35-,36+,37-,38+,42-,43-,44-,45+,46-/m1/s1. The van der Waals surface area contributed by atoms with Crippen LogP contribution < -0.4 is 21.1 Å². The summed E-state index contributed by atoms with van der Waals surface area (Å²) in [7, 11) is 1.58. The van der Waals surface area contributed by atoms with Crippen LogP contribution in [0.1, 0.15) is 113 Å².